The molecule has 0 fully saturated rings. The summed E-state index contributed by atoms with van der Waals surface area (Å²) in [5.41, 5.74) is 10.5. The van der Waals surface area contributed by atoms with E-state index >= 15 is 0 Å². The molecule has 1 rings (SSSR count). The molecule has 0 saturated carbocycles. The molecular formula is C5H7N3. The molecule has 1 aromatic rings. The Bertz CT molecular complexity index is 223. The number of nitrogen functional groups attached to an aromatic ring is 2. The van der Waals surface area contributed by atoms with Crippen molar-refractivity contribution in [3.63, 3.8) is 0 Å². The van der Waals surface area contributed by atoms with Crippen molar-refractivity contribution < 1.29 is 1.37 Å². The van der Waals surface area contributed by atoms with Gasteiger partial charge in [0.05, 0.1) is 1.37 Å². The van der Waals surface area contributed by atoms with E-state index < -0.39 is 0 Å². The fourth-order valence-corrected chi connectivity index (χ4v) is 0.421. The molecule has 0 unspecified atom stereocenters. The lowest BCUT2D eigenvalue weighted by Crippen LogP contribution is -1.93. The summed E-state index contributed by atoms with van der Waals surface area (Å²) in [6, 6.07) is 3.26. The van der Waals surface area contributed by atoms with Crippen LogP contribution >= 0.6 is 0 Å². The zero-order valence-corrected chi connectivity index (χ0v) is 4.26. The van der Waals surface area contributed by atoms with Crippen molar-refractivity contribution >= 4 is 11.6 Å². The fraction of sp³-hybridized carbons (Fsp3) is 0. The Labute approximate surface area is 48.7 Å². The Hall–Kier alpha value is -1.25. The summed E-state index contributed by atoms with van der Waals surface area (Å²) in [6.45, 7) is 0. The minimum Gasteiger partial charge on any atom is -0.384 e. The standard InChI is InChI=1S/C5H7N3/c6-4-2-1-3-5(7)8-4/h1-3H,(H4,6,7,8)/i2D. The van der Waals surface area contributed by atoms with Gasteiger partial charge in [-0.15, -0.1) is 0 Å². The van der Waals surface area contributed by atoms with Crippen LogP contribution in [0.2, 0.25) is 0 Å². The molecule has 42 valence electrons. The molecule has 1 aromatic heterocycles. The van der Waals surface area contributed by atoms with E-state index in [1.54, 1.807) is 6.07 Å². The van der Waals surface area contributed by atoms with Crippen LogP contribution in [0.1, 0.15) is 1.37 Å². The van der Waals surface area contributed by atoms with Crippen LogP contribution in [0, 0.1) is 0 Å². The minimum atomic E-state index is 0.176. The first-order valence-electron chi connectivity index (χ1n) is 2.69. The lowest BCUT2D eigenvalue weighted by Gasteiger charge is -1.90. The Balaban J connectivity index is 3.17. The van der Waals surface area contributed by atoms with Crippen LogP contribution in [0.5, 0.6) is 0 Å². The molecule has 4 N–H and O–H groups in total. The molecule has 0 aliphatic carbocycles. The Morgan fingerprint density at radius 3 is 2.75 bits per heavy atom. The molecular weight excluding hydrogens is 102 g/mol. The van der Waals surface area contributed by atoms with Gasteiger partial charge in [-0.1, -0.05) is 6.07 Å². The summed E-state index contributed by atoms with van der Waals surface area (Å²) in [6.07, 6.45) is 0. The second-order valence-corrected chi connectivity index (χ2v) is 1.40. The number of rotatable bonds is 0. The molecule has 0 aromatic carbocycles. The van der Waals surface area contributed by atoms with Crippen LogP contribution < -0.4 is 11.5 Å². The van der Waals surface area contributed by atoms with Crippen LogP contribution in [0.25, 0.3) is 0 Å². The highest BCUT2D eigenvalue weighted by atomic mass is 14.9. The van der Waals surface area contributed by atoms with Crippen molar-refractivity contribution in [1.29, 1.82) is 0 Å². The number of pyridine rings is 1. The number of hydrogen-bond acceptors (Lipinski definition) is 3. The molecule has 3 heteroatoms. The summed E-state index contributed by atoms with van der Waals surface area (Å²) < 4.78 is 7.07. The predicted octanol–water partition coefficient (Wildman–Crippen LogP) is 0.246. The maximum Gasteiger partial charge on any atom is 0.125 e. The van der Waals surface area contributed by atoms with Gasteiger partial charge in [0, 0.05) is 0 Å². The third-order valence-corrected chi connectivity index (χ3v) is 0.735. The lowest BCUT2D eigenvalue weighted by atomic mass is 10.4. The largest absolute Gasteiger partial charge is 0.384 e. The highest BCUT2D eigenvalue weighted by Crippen LogP contribution is 1.99. The first-order valence-corrected chi connectivity index (χ1v) is 2.19. The van der Waals surface area contributed by atoms with Crippen molar-refractivity contribution in [2.24, 2.45) is 0 Å². The molecule has 8 heavy (non-hydrogen) atoms. The van der Waals surface area contributed by atoms with E-state index in [-0.39, 0.29) is 11.9 Å². The summed E-state index contributed by atoms with van der Waals surface area (Å²) in [5.74, 6) is 0.526. The second kappa shape index (κ2) is 1.69. The highest BCUT2D eigenvalue weighted by Gasteiger charge is 1.83. The van der Waals surface area contributed by atoms with Crippen molar-refractivity contribution in [3.05, 3.63) is 18.2 Å². The summed E-state index contributed by atoms with van der Waals surface area (Å²) in [4.78, 5) is 3.64. The molecule has 0 bridgehead atoms. The van der Waals surface area contributed by atoms with Gasteiger partial charge in [0.2, 0.25) is 0 Å². The smallest absolute Gasteiger partial charge is 0.125 e. The number of aromatic nitrogens is 1. The first-order chi connectivity index (χ1) is 4.20. The van der Waals surface area contributed by atoms with Crippen LogP contribution in [0.3, 0.4) is 0 Å². The van der Waals surface area contributed by atoms with E-state index in [1.807, 2.05) is 0 Å². The first kappa shape index (κ1) is 3.72. The van der Waals surface area contributed by atoms with Crippen molar-refractivity contribution in [2.45, 2.75) is 0 Å². The monoisotopic (exact) mass is 110 g/mol. The average molecular weight is 110 g/mol. The molecule has 0 saturated heterocycles. The van der Waals surface area contributed by atoms with Crippen molar-refractivity contribution in [1.82, 2.24) is 4.98 Å². The lowest BCUT2D eigenvalue weighted by molar-refractivity contribution is 1.34. The molecule has 3 nitrogen and oxygen atoms in total. The zero-order valence-electron chi connectivity index (χ0n) is 5.26. The van der Waals surface area contributed by atoms with Crippen LogP contribution in [0.4, 0.5) is 11.6 Å². The Morgan fingerprint density at radius 2 is 2.25 bits per heavy atom. The number of nitrogens with zero attached hydrogens (tertiary/aromatic N) is 1. The van der Waals surface area contributed by atoms with E-state index in [9.17, 15) is 0 Å². The van der Waals surface area contributed by atoms with Gasteiger partial charge in [-0.2, -0.15) is 0 Å². The van der Waals surface area contributed by atoms with Gasteiger partial charge < -0.3 is 11.5 Å². The molecule has 0 aliphatic rings. The maximum atomic E-state index is 7.07. The Morgan fingerprint density at radius 1 is 1.50 bits per heavy atom. The average Bonchev–Trinajstić information content (AvgIpc) is 1.80. The normalized spacial score (nSPS) is 10.8. The minimum absolute atomic E-state index is 0.176. The molecule has 0 spiro atoms. The van der Waals surface area contributed by atoms with Crippen molar-refractivity contribution in [3.8, 4) is 0 Å². The van der Waals surface area contributed by atoms with E-state index in [0.29, 0.717) is 5.82 Å². The number of hydrogen-bond donors (Lipinski definition) is 2. The molecule has 1 heterocycles. The maximum absolute atomic E-state index is 7.07. The van der Waals surface area contributed by atoms with Crippen LogP contribution in [-0.2, 0) is 0 Å². The number of anilines is 2. The molecule has 0 radical (unpaired) electrons. The van der Waals surface area contributed by atoms with Gasteiger partial charge in [-0.05, 0) is 12.1 Å². The van der Waals surface area contributed by atoms with Gasteiger partial charge in [0.1, 0.15) is 11.6 Å². The molecule has 0 amide bonds. The summed E-state index contributed by atoms with van der Waals surface area (Å²) in [7, 11) is 0. The van der Waals surface area contributed by atoms with E-state index in [1.165, 1.54) is 6.07 Å². The summed E-state index contributed by atoms with van der Waals surface area (Å²) >= 11 is 0. The second-order valence-electron chi connectivity index (χ2n) is 1.40. The third-order valence-electron chi connectivity index (χ3n) is 0.735. The van der Waals surface area contributed by atoms with E-state index in [0.717, 1.165) is 0 Å². The van der Waals surface area contributed by atoms with Gasteiger partial charge in [-0.25, -0.2) is 4.98 Å². The molecule has 0 atom stereocenters. The van der Waals surface area contributed by atoms with Crippen molar-refractivity contribution in [2.75, 3.05) is 11.5 Å². The Kier molecular flexibility index (Phi) is 0.787. The molecule has 0 aliphatic heterocycles. The van der Waals surface area contributed by atoms with Gasteiger partial charge >= 0.3 is 0 Å². The van der Waals surface area contributed by atoms with Crippen LogP contribution in [0.15, 0.2) is 18.2 Å². The predicted molar refractivity (Wildman–Crippen MR) is 33.1 cm³/mol. The fourth-order valence-electron chi connectivity index (χ4n) is 0.421. The van der Waals surface area contributed by atoms with Gasteiger partial charge in [0.15, 0.2) is 0 Å². The number of nitrogens with two attached hydrogens (primary N) is 2. The quantitative estimate of drug-likeness (QED) is 0.503. The van der Waals surface area contributed by atoms with Crippen LogP contribution in [-0.4, -0.2) is 4.98 Å². The highest BCUT2D eigenvalue weighted by molar-refractivity contribution is 5.37. The summed E-state index contributed by atoms with van der Waals surface area (Å²) in [5, 5.41) is 0. The SMILES string of the molecule is [2H]c1ccc(N)nc1N. The topological polar surface area (TPSA) is 64.9 Å². The van der Waals surface area contributed by atoms with E-state index in [2.05, 4.69) is 4.98 Å². The zero-order chi connectivity index (χ0) is 6.85. The third kappa shape index (κ3) is 0.872. The van der Waals surface area contributed by atoms with Gasteiger partial charge in [-0.3, -0.25) is 0 Å². The van der Waals surface area contributed by atoms with E-state index in [4.69, 9.17) is 12.8 Å². The van der Waals surface area contributed by atoms with Gasteiger partial charge in [0.25, 0.3) is 0 Å².